The lowest BCUT2D eigenvalue weighted by atomic mass is 9.89. The fourth-order valence-corrected chi connectivity index (χ4v) is 2.61. The molecule has 1 rings (SSSR count). The highest BCUT2D eigenvalue weighted by Crippen LogP contribution is 2.28. The van der Waals surface area contributed by atoms with E-state index in [9.17, 15) is 4.79 Å². The van der Waals surface area contributed by atoms with Gasteiger partial charge in [-0.1, -0.05) is 45.4 Å². The topological polar surface area (TPSA) is 55.1 Å². The Morgan fingerprint density at radius 1 is 1.15 bits per heavy atom. The van der Waals surface area contributed by atoms with Gasteiger partial charge in [-0.3, -0.25) is 4.79 Å². The highest BCUT2D eigenvalue weighted by atomic mass is 16.1. The summed E-state index contributed by atoms with van der Waals surface area (Å²) in [6.07, 6.45) is 3.59. The molecule has 3 N–H and O–H groups in total. The first kappa shape index (κ1) is 16.3. The third-order valence-corrected chi connectivity index (χ3v) is 3.60. The number of nitrogens with one attached hydrogen (secondary N) is 1. The van der Waals surface area contributed by atoms with Gasteiger partial charge < -0.3 is 11.1 Å². The third-order valence-electron chi connectivity index (χ3n) is 3.60. The Morgan fingerprint density at radius 2 is 1.70 bits per heavy atom. The number of carbonyl (C=O) groups is 1. The van der Waals surface area contributed by atoms with Crippen molar-refractivity contribution in [1.29, 1.82) is 0 Å². The number of nitrogens with two attached hydrogens (primary N) is 1. The van der Waals surface area contributed by atoms with E-state index in [1.54, 1.807) is 0 Å². The summed E-state index contributed by atoms with van der Waals surface area (Å²) in [6, 6.07) is 6.21. The van der Waals surface area contributed by atoms with Crippen LogP contribution in [0.4, 0.5) is 0 Å². The van der Waals surface area contributed by atoms with E-state index >= 15 is 0 Å². The summed E-state index contributed by atoms with van der Waals surface area (Å²) in [5, 5.41) is 3.16. The summed E-state index contributed by atoms with van der Waals surface area (Å²) in [4.78, 5) is 12.0. The van der Waals surface area contributed by atoms with E-state index in [0.717, 1.165) is 36.9 Å². The number of hydrogen-bond acceptors (Lipinski definition) is 2. The van der Waals surface area contributed by atoms with Crippen molar-refractivity contribution in [3.8, 4) is 0 Å². The van der Waals surface area contributed by atoms with E-state index in [1.165, 1.54) is 11.1 Å². The summed E-state index contributed by atoms with van der Waals surface area (Å²) in [7, 11) is 1.86. The van der Waals surface area contributed by atoms with E-state index in [1.807, 2.05) is 7.05 Å². The van der Waals surface area contributed by atoms with Gasteiger partial charge in [0, 0.05) is 12.7 Å². The van der Waals surface area contributed by atoms with Crippen LogP contribution in [0.2, 0.25) is 0 Å². The Bertz CT molecular complexity index is 481. The number of primary amides is 1. The summed E-state index contributed by atoms with van der Waals surface area (Å²) in [5.74, 6) is -0.349. The quantitative estimate of drug-likeness (QED) is 0.751. The highest BCUT2D eigenvalue weighted by molar-refractivity contribution is 6.20. The number of aryl methyl sites for hydroxylation is 2. The first-order chi connectivity index (χ1) is 9.60. The number of carbonyl (C=O) groups excluding carboxylic acids is 1. The van der Waals surface area contributed by atoms with E-state index in [2.05, 4.69) is 44.3 Å². The van der Waals surface area contributed by atoms with Crippen LogP contribution in [0.15, 0.2) is 23.9 Å². The Kier molecular flexibility index (Phi) is 6.29. The van der Waals surface area contributed by atoms with Crippen molar-refractivity contribution in [3.63, 3.8) is 0 Å². The Morgan fingerprint density at radius 3 is 2.05 bits per heavy atom. The zero-order valence-corrected chi connectivity index (χ0v) is 13.0. The second-order valence-electron chi connectivity index (χ2n) is 4.88. The van der Waals surface area contributed by atoms with Crippen molar-refractivity contribution in [2.75, 3.05) is 7.05 Å². The van der Waals surface area contributed by atoms with Gasteiger partial charge in [0.05, 0.1) is 5.57 Å². The van der Waals surface area contributed by atoms with Gasteiger partial charge in [-0.05, 0) is 36.0 Å². The van der Waals surface area contributed by atoms with Crippen LogP contribution < -0.4 is 11.1 Å². The zero-order chi connectivity index (χ0) is 15.1. The Labute approximate surface area is 122 Å². The first-order valence-electron chi connectivity index (χ1n) is 7.42. The maximum Gasteiger partial charge on any atom is 0.251 e. The molecule has 0 atom stereocenters. The lowest BCUT2D eigenvalue weighted by Crippen LogP contribution is -2.21. The van der Waals surface area contributed by atoms with E-state index in [0.29, 0.717) is 5.57 Å². The van der Waals surface area contributed by atoms with Gasteiger partial charge in [0.15, 0.2) is 0 Å². The molecule has 110 valence electrons. The molecule has 0 radical (unpaired) electrons. The van der Waals surface area contributed by atoms with Gasteiger partial charge in [-0.15, -0.1) is 0 Å². The average Bonchev–Trinajstić information content (AvgIpc) is 2.46. The molecule has 3 nitrogen and oxygen atoms in total. The molecule has 20 heavy (non-hydrogen) atoms. The number of amides is 1. The Balaban J connectivity index is 3.61. The van der Waals surface area contributed by atoms with Crippen molar-refractivity contribution in [3.05, 3.63) is 40.6 Å². The molecule has 0 aromatic heterocycles. The molecule has 0 fully saturated rings. The predicted molar refractivity (Wildman–Crippen MR) is 85.3 cm³/mol. The van der Waals surface area contributed by atoms with Crippen molar-refractivity contribution >= 4 is 11.5 Å². The van der Waals surface area contributed by atoms with E-state index in [-0.39, 0.29) is 5.91 Å². The minimum atomic E-state index is -0.349. The standard InChI is InChI=1S/C17H26N2O/c1-5-9-14(19-4)16(17(18)20)15-12(6-2)10-8-11-13(15)7-3/h8,10-11,19H,5-7,9H2,1-4H3,(H2,18,20). The summed E-state index contributed by atoms with van der Waals surface area (Å²) in [6.45, 7) is 6.31. The molecule has 3 heteroatoms. The molecule has 0 spiro atoms. The normalized spacial score (nSPS) is 12.0. The molecule has 0 saturated heterocycles. The molecule has 0 unspecified atom stereocenters. The van der Waals surface area contributed by atoms with Gasteiger partial charge >= 0.3 is 0 Å². The lowest BCUT2D eigenvalue weighted by Gasteiger charge is -2.18. The van der Waals surface area contributed by atoms with E-state index < -0.39 is 0 Å². The number of benzene rings is 1. The highest BCUT2D eigenvalue weighted by Gasteiger charge is 2.19. The molecule has 1 aromatic carbocycles. The fraction of sp³-hybridized carbons (Fsp3) is 0.471. The number of allylic oxidation sites excluding steroid dienone is 1. The largest absolute Gasteiger partial charge is 0.391 e. The van der Waals surface area contributed by atoms with E-state index in [4.69, 9.17) is 5.73 Å². The van der Waals surface area contributed by atoms with Gasteiger partial charge in [-0.2, -0.15) is 0 Å². The van der Waals surface area contributed by atoms with Crippen LogP contribution >= 0.6 is 0 Å². The van der Waals surface area contributed by atoms with Crippen molar-refractivity contribution in [2.24, 2.45) is 5.73 Å². The van der Waals surface area contributed by atoms with Crippen LogP contribution in [0.1, 0.15) is 50.3 Å². The van der Waals surface area contributed by atoms with Crippen LogP contribution in [0.25, 0.3) is 5.57 Å². The van der Waals surface area contributed by atoms with Crippen LogP contribution in [0.3, 0.4) is 0 Å². The third kappa shape index (κ3) is 3.41. The molecule has 0 aliphatic rings. The summed E-state index contributed by atoms with van der Waals surface area (Å²) < 4.78 is 0. The zero-order valence-electron chi connectivity index (χ0n) is 13.0. The first-order valence-corrected chi connectivity index (χ1v) is 7.42. The molecule has 0 bridgehead atoms. The van der Waals surface area contributed by atoms with Crippen molar-refractivity contribution in [1.82, 2.24) is 5.32 Å². The molecule has 0 aliphatic carbocycles. The fourth-order valence-electron chi connectivity index (χ4n) is 2.61. The molecule has 0 saturated carbocycles. The monoisotopic (exact) mass is 274 g/mol. The molecular formula is C17H26N2O. The maximum atomic E-state index is 12.0. The van der Waals surface area contributed by atoms with Crippen LogP contribution in [0.5, 0.6) is 0 Å². The smallest absolute Gasteiger partial charge is 0.251 e. The van der Waals surface area contributed by atoms with Crippen LogP contribution in [-0.4, -0.2) is 13.0 Å². The van der Waals surface area contributed by atoms with Gasteiger partial charge in [0.2, 0.25) is 0 Å². The number of rotatable bonds is 7. The molecular weight excluding hydrogens is 248 g/mol. The molecule has 1 amide bonds. The molecule has 1 aromatic rings. The van der Waals surface area contributed by atoms with Crippen molar-refractivity contribution in [2.45, 2.75) is 46.5 Å². The lowest BCUT2D eigenvalue weighted by molar-refractivity contribution is -0.112. The molecule has 0 aliphatic heterocycles. The average molecular weight is 274 g/mol. The van der Waals surface area contributed by atoms with Gasteiger partial charge in [0.25, 0.3) is 5.91 Å². The second kappa shape index (κ2) is 7.73. The summed E-state index contributed by atoms with van der Waals surface area (Å²) in [5.41, 5.74) is 10.7. The number of hydrogen-bond donors (Lipinski definition) is 2. The second-order valence-corrected chi connectivity index (χ2v) is 4.88. The maximum absolute atomic E-state index is 12.0. The SMILES string of the molecule is CCCC(NC)=C(C(N)=O)c1c(CC)cccc1CC. The minimum Gasteiger partial charge on any atom is -0.391 e. The minimum absolute atomic E-state index is 0.349. The van der Waals surface area contributed by atoms with Gasteiger partial charge in [-0.25, -0.2) is 0 Å². The van der Waals surface area contributed by atoms with Gasteiger partial charge in [0.1, 0.15) is 0 Å². The predicted octanol–water partition coefficient (Wildman–Crippen LogP) is 3.03. The van der Waals surface area contributed by atoms with Crippen LogP contribution in [-0.2, 0) is 17.6 Å². The molecule has 0 heterocycles. The summed E-state index contributed by atoms with van der Waals surface area (Å²) >= 11 is 0. The Hall–Kier alpha value is -1.77. The van der Waals surface area contributed by atoms with Crippen LogP contribution in [0, 0.1) is 0 Å². The van der Waals surface area contributed by atoms with Crippen molar-refractivity contribution < 1.29 is 4.79 Å².